The van der Waals surface area contributed by atoms with Gasteiger partial charge >= 0.3 is 12.1 Å². The van der Waals surface area contributed by atoms with Crippen LogP contribution in [0.4, 0.5) is 4.79 Å². The van der Waals surface area contributed by atoms with Gasteiger partial charge in [0, 0.05) is 6.54 Å². The molecular weight excluding hydrogens is 202 g/mol. The number of esters is 1. The fourth-order valence-corrected chi connectivity index (χ4v) is 1.48. The summed E-state index contributed by atoms with van der Waals surface area (Å²) in [5, 5.41) is 8.70. The van der Waals surface area contributed by atoms with Crippen LogP contribution in [0.15, 0.2) is 0 Å². The lowest BCUT2D eigenvalue weighted by molar-refractivity contribution is -0.156. The maximum absolute atomic E-state index is 11.5. The van der Waals surface area contributed by atoms with E-state index in [-0.39, 0.29) is 19.7 Å². The van der Waals surface area contributed by atoms with E-state index < -0.39 is 23.3 Å². The van der Waals surface area contributed by atoms with Crippen molar-refractivity contribution in [1.29, 1.82) is 0 Å². The van der Waals surface area contributed by atoms with E-state index in [1.165, 1.54) is 6.92 Å². The number of amides is 1. The van der Waals surface area contributed by atoms with Crippen molar-refractivity contribution in [3.05, 3.63) is 0 Å². The molecule has 6 nitrogen and oxygen atoms in total. The molecule has 1 N–H and O–H groups in total. The molecule has 1 unspecified atom stereocenters. The first-order chi connectivity index (χ1) is 6.91. The van der Waals surface area contributed by atoms with Gasteiger partial charge in [-0.1, -0.05) is 0 Å². The van der Waals surface area contributed by atoms with Gasteiger partial charge in [0.25, 0.3) is 0 Å². The minimum atomic E-state index is -1.34. The van der Waals surface area contributed by atoms with Gasteiger partial charge in [-0.15, -0.1) is 0 Å². The molecule has 0 aliphatic carbocycles. The molecule has 1 aliphatic rings. The number of rotatable bonds is 2. The van der Waals surface area contributed by atoms with Gasteiger partial charge in [-0.2, -0.15) is 0 Å². The van der Waals surface area contributed by atoms with E-state index in [0.29, 0.717) is 0 Å². The van der Waals surface area contributed by atoms with Gasteiger partial charge in [0.2, 0.25) is 0 Å². The highest BCUT2D eigenvalue weighted by Crippen LogP contribution is 2.28. The minimum absolute atomic E-state index is 0.125. The highest BCUT2D eigenvalue weighted by molar-refractivity contribution is 6.07. The summed E-state index contributed by atoms with van der Waals surface area (Å²) in [4.78, 5) is 34.6. The quantitative estimate of drug-likeness (QED) is 0.522. The van der Waals surface area contributed by atoms with Crippen molar-refractivity contribution >= 4 is 17.8 Å². The van der Waals surface area contributed by atoms with Crippen LogP contribution in [-0.2, 0) is 14.3 Å². The minimum Gasteiger partial charge on any atom is -0.465 e. The molecule has 0 saturated carbocycles. The number of carbonyl (C=O) groups excluding carboxylic acids is 2. The van der Waals surface area contributed by atoms with Gasteiger partial charge in [0.1, 0.15) is 5.41 Å². The van der Waals surface area contributed by atoms with Crippen molar-refractivity contribution in [3.63, 3.8) is 0 Å². The van der Waals surface area contributed by atoms with Crippen LogP contribution in [0, 0.1) is 5.41 Å². The third-order valence-electron chi connectivity index (χ3n) is 2.45. The standard InChI is InChI=1S/C9H13NO5/c1-3-15-7(12)9(2)5-10(8(13)14)4-6(9)11/h3-5H2,1-2H3,(H,13,14). The van der Waals surface area contributed by atoms with Crippen molar-refractivity contribution < 1.29 is 24.2 Å². The van der Waals surface area contributed by atoms with Gasteiger partial charge in [-0.25, -0.2) is 4.79 Å². The number of Topliss-reactive ketones (excluding diaryl/α,β-unsaturated/α-hetero) is 1. The van der Waals surface area contributed by atoms with Crippen molar-refractivity contribution in [2.45, 2.75) is 13.8 Å². The van der Waals surface area contributed by atoms with Crippen molar-refractivity contribution in [3.8, 4) is 0 Å². The first kappa shape index (κ1) is 11.5. The summed E-state index contributed by atoms with van der Waals surface area (Å²) in [6.45, 7) is 2.85. The van der Waals surface area contributed by atoms with E-state index in [9.17, 15) is 14.4 Å². The van der Waals surface area contributed by atoms with Crippen molar-refractivity contribution in [2.75, 3.05) is 19.7 Å². The van der Waals surface area contributed by atoms with E-state index in [0.717, 1.165) is 4.90 Å². The van der Waals surface area contributed by atoms with Crippen LogP contribution in [0.2, 0.25) is 0 Å². The Balaban J connectivity index is 2.82. The Hall–Kier alpha value is -1.59. The molecule has 0 spiro atoms. The molecule has 84 valence electrons. The van der Waals surface area contributed by atoms with Gasteiger partial charge in [-0.05, 0) is 13.8 Å². The van der Waals surface area contributed by atoms with Crippen molar-refractivity contribution in [2.24, 2.45) is 5.41 Å². The van der Waals surface area contributed by atoms with Gasteiger partial charge in [0.05, 0.1) is 13.2 Å². The second-order valence-electron chi connectivity index (χ2n) is 3.61. The number of ketones is 1. The van der Waals surface area contributed by atoms with E-state index >= 15 is 0 Å². The Kier molecular flexibility index (Phi) is 2.97. The molecule has 0 aromatic rings. The summed E-state index contributed by atoms with van der Waals surface area (Å²) >= 11 is 0. The number of ether oxygens (including phenoxy) is 1. The number of hydrogen-bond acceptors (Lipinski definition) is 4. The van der Waals surface area contributed by atoms with Crippen LogP contribution in [0.25, 0.3) is 0 Å². The summed E-state index contributed by atoms with van der Waals surface area (Å²) in [7, 11) is 0. The summed E-state index contributed by atoms with van der Waals surface area (Å²) in [6.07, 6.45) is -1.20. The predicted molar refractivity (Wildman–Crippen MR) is 49.3 cm³/mol. The van der Waals surface area contributed by atoms with Crippen LogP contribution in [0.3, 0.4) is 0 Å². The first-order valence-electron chi connectivity index (χ1n) is 4.60. The number of likely N-dealkylation sites (tertiary alicyclic amines) is 1. The Labute approximate surface area is 86.8 Å². The molecule has 1 heterocycles. The third kappa shape index (κ3) is 1.93. The average Bonchev–Trinajstić information content (AvgIpc) is 2.45. The summed E-state index contributed by atoms with van der Waals surface area (Å²) < 4.78 is 4.75. The SMILES string of the molecule is CCOC(=O)C1(C)CN(C(=O)O)CC1=O. The lowest BCUT2D eigenvalue weighted by Crippen LogP contribution is -2.38. The van der Waals surface area contributed by atoms with E-state index in [1.807, 2.05) is 0 Å². The summed E-state index contributed by atoms with van der Waals surface area (Å²) in [5.41, 5.74) is -1.34. The number of carbonyl (C=O) groups is 3. The van der Waals surface area contributed by atoms with Gasteiger partial charge < -0.3 is 9.84 Å². The van der Waals surface area contributed by atoms with Crippen LogP contribution in [0.5, 0.6) is 0 Å². The monoisotopic (exact) mass is 215 g/mol. The van der Waals surface area contributed by atoms with Crippen LogP contribution in [-0.4, -0.2) is 47.5 Å². The largest absolute Gasteiger partial charge is 0.465 e. The zero-order valence-electron chi connectivity index (χ0n) is 8.65. The molecule has 0 aromatic carbocycles. The zero-order chi connectivity index (χ0) is 11.6. The Morgan fingerprint density at radius 1 is 1.60 bits per heavy atom. The Morgan fingerprint density at radius 3 is 2.60 bits per heavy atom. The number of nitrogens with zero attached hydrogens (tertiary/aromatic N) is 1. The fraction of sp³-hybridized carbons (Fsp3) is 0.667. The lowest BCUT2D eigenvalue weighted by atomic mass is 9.89. The normalized spacial score (nSPS) is 25.5. The molecule has 1 aliphatic heterocycles. The van der Waals surface area contributed by atoms with E-state index in [2.05, 4.69) is 0 Å². The molecule has 6 heteroatoms. The molecule has 15 heavy (non-hydrogen) atoms. The maximum atomic E-state index is 11.5. The second-order valence-corrected chi connectivity index (χ2v) is 3.61. The Bertz CT molecular complexity index is 314. The lowest BCUT2D eigenvalue weighted by Gasteiger charge is -2.19. The number of carboxylic acid groups (broad SMARTS) is 1. The highest BCUT2D eigenvalue weighted by Gasteiger charge is 2.50. The first-order valence-corrected chi connectivity index (χ1v) is 4.60. The molecule has 1 rings (SSSR count). The van der Waals surface area contributed by atoms with Crippen LogP contribution in [0.1, 0.15) is 13.8 Å². The van der Waals surface area contributed by atoms with Crippen LogP contribution >= 0.6 is 0 Å². The topological polar surface area (TPSA) is 83.9 Å². The average molecular weight is 215 g/mol. The molecule has 0 bridgehead atoms. The van der Waals surface area contributed by atoms with Gasteiger partial charge in [-0.3, -0.25) is 14.5 Å². The molecule has 0 radical (unpaired) electrons. The van der Waals surface area contributed by atoms with Crippen molar-refractivity contribution in [1.82, 2.24) is 4.90 Å². The molecule has 0 aromatic heterocycles. The predicted octanol–water partition coefficient (Wildman–Crippen LogP) is 0.118. The molecule has 1 amide bonds. The van der Waals surface area contributed by atoms with E-state index in [4.69, 9.17) is 9.84 Å². The molecule has 1 saturated heterocycles. The van der Waals surface area contributed by atoms with E-state index in [1.54, 1.807) is 6.92 Å². The summed E-state index contributed by atoms with van der Waals surface area (Å²) in [5.74, 6) is -1.07. The Morgan fingerprint density at radius 2 is 2.20 bits per heavy atom. The molecule has 1 fully saturated rings. The fourth-order valence-electron chi connectivity index (χ4n) is 1.48. The number of hydrogen-bond donors (Lipinski definition) is 1. The maximum Gasteiger partial charge on any atom is 0.407 e. The molecule has 1 atom stereocenters. The molecular formula is C9H13NO5. The summed E-state index contributed by atoms with van der Waals surface area (Å²) in [6, 6.07) is 0. The van der Waals surface area contributed by atoms with Gasteiger partial charge in [0.15, 0.2) is 5.78 Å². The smallest absolute Gasteiger partial charge is 0.407 e. The van der Waals surface area contributed by atoms with Crippen LogP contribution < -0.4 is 0 Å². The zero-order valence-corrected chi connectivity index (χ0v) is 8.65. The highest BCUT2D eigenvalue weighted by atomic mass is 16.5. The third-order valence-corrected chi connectivity index (χ3v) is 2.45. The second kappa shape index (κ2) is 3.88.